The molecule has 3 N–H and O–H groups in total. The monoisotopic (exact) mass is 267 g/mol. The number of fused-ring (bicyclic) bond motifs is 1. The fourth-order valence-corrected chi connectivity index (χ4v) is 2.45. The summed E-state index contributed by atoms with van der Waals surface area (Å²) in [6.45, 7) is 1.25. The maximum Gasteiger partial charge on any atom is 0.243 e. The second-order valence-electron chi connectivity index (χ2n) is 4.98. The van der Waals surface area contributed by atoms with Crippen LogP contribution in [0, 0.1) is 0 Å². The van der Waals surface area contributed by atoms with Crippen molar-refractivity contribution in [3.8, 4) is 0 Å². The van der Waals surface area contributed by atoms with Crippen LogP contribution in [0.3, 0.4) is 0 Å². The third kappa shape index (κ3) is 2.51. The van der Waals surface area contributed by atoms with E-state index in [4.69, 9.17) is 5.73 Å². The molecule has 3 rings (SSSR count). The molecule has 0 bridgehead atoms. The Labute approximate surface area is 118 Å². The van der Waals surface area contributed by atoms with Gasteiger partial charge in [0.05, 0.1) is 11.4 Å². The zero-order chi connectivity index (χ0) is 13.9. The lowest BCUT2D eigenvalue weighted by molar-refractivity contribution is -0.117. The summed E-state index contributed by atoms with van der Waals surface area (Å²) in [5, 5.41) is 2.88. The molecule has 1 aliphatic heterocycles. The Morgan fingerprint density at radius 2 is 1.80 bits per heavy atom. The van der Waals surface area contributed by atoms with Crippen LogP contribution in [0.5, 0.6) is 0 Å². The lowest BCUT2D eigenvalue weighted by Gasteiger charge is -2.25. The van der Waals surface area contributed by atoms with E-state index in [1.165, 1.54) is 5.56 Å². The lowest BCUT2D eigenvalue weighted by Crippen LogP contribution is -2.42. The van der Waals surface area contributed by atoms with E-state index in [0.29, 0.717) is 6.54 Å². The van der Waals surface area contributed by atoms with Gasteiger partial charge in [-0.25, -0.2) is 0 Å². The van der Waals surface area contributed by atoms with Gasteiger partial charge in [-0.3, -0.25) is 4.79 Å². The summed E-state index contributed by atoms with van der Waals surface area (Å²) in [6, 6.07) is 17.5. The molecule has 1 aliphatic rings. The fourth-order valence-electron chi connectivity index (χ4n) is 2.45. The number of nitrogens with one attached hydrogen (secondary N) is 1. The number of benzene rings is 2. The van der Waals surface area contributed by atoms with Crippen molar-refractivity contribution in [2.45, 2.75) is 12.6 Å². The van der Waals surface area contributed by atoms with Crippen molar-refractivity contribution in [1.29, 1.82) is 0 Å². The maximum absolute atomic E-state index is 11.9. The van der Waals surface area contributed by atoms with Crippen molar-refractivity contribution in [1.82, 2.24) is 0 Å². The number of hydrogen-bond donors (Lipinski definition) is 2. The molecule has 4 heteroatoms. The molecule has 0 saturated carbocycles. The summed E-state index contributed by atoms with van der Waals surface area (Å²) in [6.07, 6.45) is 0. The Morgan fingerprint density at radius 1 is 1.10 bits per heavy atom. The minimum Gasteiger partial charge on any atom is -0.363 e. The topological polar surface area (TPSA) is 58.4 Å². The van der Waals surface area contributed by atoms with Crippen LogP contribution in [0.15, 0.2) is 54.6 Å². The maximum atomic E-state index is 11.9. The van der Waals surface area contributed by atoms with E-state index in [2.05, 4.69) is 22.3 Å². The molecule has 0 saturated heterocycles. The molecule has 0 fully saturated rings. The number of carbonyl (C=O) groups excluding carboxylic acids is 1. The minimum absolute atomic E-state index is 0.131. The number of nitrogens with two attached hydrogens (primary N) is 1. The summed E-state index contributed by atoms with van der Waals surface area (Å²) >= 11 is 0. The Balaban J connectivity index is 1.94. The van der Waals surface area contributed by atoms with Crippen molar-refractivity contribution in [3.05, 3.63) is 60.2 Å². The standard InChI is InChI=1S/C16H17N3O/c17-13-11-19(10-12-6-2-1-3-7-12)15-9-5-4-8-14(15)18-16(13)20/h1-9,13H,10-11,17H2,(H,18,20)/t13-/m0/s1. The highest BCUT2D eigenvalue weighted by molar-refractivity contribution is 5.99. The molecule has 0 aromatic heterocycles. The van der Waals surface area contributed by atoms with Crippen LogP contribution in [-0.4, -0.2) is 18.5 Å². The number of anilines is 2. The normalized spacial score (nSPS) is 18.1. The van der Waals surface area contributed by atoms with Gasteiger partial charge in [-0.05, 0) is 17.7 Å². The van der Waals surface area contributed by atoms with Crippen molar-refractivity contribution < 1.29 is 4.79 Å². The van der Waals surface area contributed by atoms with Crippen LogP contribution in [0.4, 0.5) is 11.4 Å². The lowest BCUT2D eigenvalue weighted by atomic mass is 10.1. The van der Waals surface area contributed by atoms with E-state index in [9.17, 15) is 4.79 Å². The molecule has 1 heterocycles. The molecule has 102 valence electrons. The van der Waals surface area contributed by atoms with Crippen LogP contribution in [0.25, 0.3) is 0 Å². The third-order valence-corrected chi connectivity index (χ3v) is 3.47. The fraction of sp³-hybridized carbons (Fsp3) is 0.188. The summed E-state index contributed by atoms with van der Waals surface area (Å²) < 4.78 is 0. The van der Waals surface area contributed by atoms with Crippen LogP contribution in [-0.2, 0) is 11.3 Å². The first-order chi connectivity index (χ1) is 9.74. The molecule has 2 aromatic carbocycles. The second kappa shape index (κ2) is 5.35. The third-order valence-electron chi connectivity index (χ3n) is 3.47. The minimum atomic E-state index is -0.522. The van der Waals surface area contributed by atoms with E-state index in [1.807, 2.05) is 42.5 Å². The largest absolute Gasteiger partial charge is 0.363 e. The molecule has 0 radical (unpaired) electrons. The number of para-hydroxylation sites is 2. The molecule has 0 unspecified atom stereocenters. The highest BCUT2D eigenvalue weighted by Gasteiger charge is 2.24. The van der Waals surface area contributed by atoms with Crippen LogP contribution in [0.1, 0.15) is 5.56 Å². The number of rotatable bonds is 2. The van der Waals surface area contributed by atoms with Gasteiger partial charge in [0, 0.05) is 13.1 Å². The van der Waals surface area contributed by atoms with Crippen LogP contribution >= 0.6 is 0 Å². The van der Waals surface area contributed by atoms with Crippen LogP contribution in [0.2, 0.25) is 0 Å². The quantitative estimate of drug-likeness (QED) is 0.874. The number of nitrogens with zero attached hydrogens (tertiary/aromatic N) is 1. The number of carbonyl (C=O) groups is 1. The summed E-state index contributed by atoms with van der Waals surface area (Å²) in [4.78, 5) is 14.1. The first-order valence-corrected chi connectivity index (χ1v) is 6.68. The van der Waals surface area contributed by atoms with E-state index in [-0.39, 0.29) is 5.91 Å². The molecule has 20 heavy (non-hydrogen) atoms. The smallest absolute Gasteiger partial charge is 0.243 e. The molecular weight excluding hydrogens is 250 g/mol. The van der Waals surface area contributed by atoms with E-state index in [1.54, 1.807) is 0 Å². The molecule has 0 spiro atoms. The first-order valence-electron chi connectivity index (χ1n) is 6.68. The molecular formula is C16H17N3O. The number of amides is 1. The highest BCUT2D eigenvalue weighted by atomic mass is 16.2. The van der Waals surface area contributed by atoms with Gasteiger partial charge in [-0.2, -0.15) is 0 Å². The van der Waals surface area contributed by atoms with Crippen molar-refractivity contribution in [2.75, 3.05) is 16.8 Å². The van der Waals surface area contributed by atoms with Gasteiger partial charge in [0.15, 0.2) is 0 Å². The van der Waals surface area contributed by atoms with Crippen LogP contribution < -0.4 is 16.0 Å². The van der Waals surface area contributed by atoms with E-state index >= 15 is 0 Å². The van der Waals surface area contributed by atoms with E-state index < -0.39 is 6.04 Å². The number of hydrogen-bond acceptors (Lipinski definition) is 3. The Kier molecular flexibility index (Phi) is 3.39. The average Bonchev–Trinajstić information content (AvgIpc) is 2.58. The van der Waals surface area contributed by atoms with Gasteiger partial charge in [-0.15, -0.1) is 0 Å². The molecule has 0 aliphatic carbocycles. The van der Waals surface area contributed by atoms with Gasteiger partial charge in [0.1, 0.15) is 6.04 Å². The van der Waals surface area contributed by atoms with Gasteiger partial charge in [0.2, 0.25) is 5.91 Å². The first kappa shape index (κ1) is 12.7. The zero-order valence-corrected chi connectivity index (χ0v) is 11.1. The Hall–Kier alpha value is -2.33. The predicted octanol–water partition coefficient (Wildman–Crippen LogP) is 1.97. The summed E-state index contributed by atoms with van der Waals surface area (Å²) in [5.41, 5.74) is 8.98. The molecule has 2 aromatic rings. The van der Waals surface area contributed by atoms with Gasteiger partial charge >= 0.3 is 0 Å². The SMILES string of the molecule is N[C@H]1CN(Cc2ccccc2)c2ccccc2NC1=O. The van der Waals surface area contributed by atoms with Gasteiger partial charge in [0.25, 0.3) is 0 Å². The zero-order valence-electron chi connectivity index (χ0n) is 11.1. The molecule has 1 amide bonds. The van der Waals surface area contributed by atoms with Gasteiger partial charge in [-0.1, -0.05) is 42.5 Å². The summed E-state index contributed by atoms with van der Waals surface area (Å²) in [5.74, 6) is -0.131. The van der Waals surface area contributed by atoms with Gasteiger partial charge < -0.3 is 16.0 Å². The Morgan fingerprint density at radius 3 is 2.60 bits per heavy atom. The average molecular weight is 267 g/mol. The van der Waals surface area contributed by atoms with E-state index in [0.717, 1.165) is 17.9 Å². The predicted molar refractivity (Wildman–Crippen MR) is 80.5 cm³/mol. The second-order valence-corrected chi connectivity index (χ2v) is 4.98. The molecule has 4 nitrogen and oxygen atoms in total. The van der Waals surface area contributed by atoms with Crippen molar-refractivity contribution in [3.63, 3.8) is 0 Å². The van der Waals surface area contributed by atoms with Crippen molar-refractivity contribution in [2.24, 2.45) is 5.73 Å². The summed E-state index contributed by atoms with van der Waals surface area (Å²) in [7, 11) is 0. The highest BCUT2D eigenvalue weighted by Crippen LogP contribution is 2.29. The Bertz CT molecular complexity index is 612. The molecule has 1 atom stereocenters. The van der Waals surface area contributed by atoms with Crippen molar-refractivity contribution >= 4 is 17.3 Å².